The lowest BCUT2D eigenvalue weighted by Gasteiger charge is -2.20. The molecule has 0 aliphatic carbocycles. The lowest BCUT2D eigenvalue weighted by molar-refractivity contribution is 0.157. The number of amides is 1. The highest BCUT2D eigenvalue weighted by molar-refractivity contribution is 6.00. The number of carbonyl (C=O) groups excluding carboxylic acids is 1. The van der Waals surface area contributed by atoms with Crippen molar-refractivity contribution < 1.29 is 9.53 Å². The second kappa shape index (κ2) is 12.1. The van der Waals surface area contributed by atoms with E-state index in [-0.39, 0.29) is 6.09 Å². The van der Waals surface area contributed by atoms with Crippen molar-refractivity contribution in [1.82, 2.24) is 9.47 Å². The molecule has 0 radical (unpaired) electrons. The minimum Gasteiger partial charge on any atom is -0.410 e. The van der Waals surface area contributed by atoms with Gasteiger partial charge in [0.05, 0.1) is 0 Å². The highest BCUT2D eigenvalue weighted by Gasteiger charge is 2.19. The second-order valence-electron chi connectivity index (χ2n) is 10.2. The Morgan fingerprint density at radius 3 is 2.10 bits per heavy atom. The van der Waals surface area contributed by atoms with Gasteiger partial charge in [0.25, 0.3) is 0 Å². The third-order valence-electron chi connectivity index (χ3n) is 7.24. The van der Waals surface area contributed by atoms with Crippen LogP contribution in [0.3, 0.4) is 0 Å². The molecule has 4 nitrogen and oxygen atoms in total. The number of aryl methyl sites for hydroxylation is 2. The summed E-state index contributed by atoms with van der Waals surface area (Å²) >= 11 is 0. The van der Waals surface area contributed by atoms with Crippen molar-refractivity contribution >= 4 is 29.1 Å². The molecular weight excluding hydrogens is 492 g/mol. The lowest BCUT2D eigenvalue weighted by atomic mass is 9.97. The first kappa shape index (κ1) is 27.0. The van der Waals surface area contributed by atoms with Gasteiger partial charge in [0, 0.05) is 42.3 Å². The minimum atomic E-state index is -0.323. The van der Waals surface area contributed by atoms with E-state index in [2.05, 4.69) is 103 Å². The molecule has 0 spiro atoms. The van der Waals surface area contributed by atoms with Crippen LogP contribution in [0.1, 0.15) is 41.7 Å². The van der Waals surface area contributed by atoms with Crippen LogP contribution in [0.5, 0.6) is 5.75 Å². The summed E-state index contributed by atoms with van der Waals surface area (Å²) in [7, 11) is 0. The Morgan fingerprint density at radius 2 is 1.45 bits per heavy atom. The molecule has 0 saturated heterocycles. The van der Waals surface area contributed by atoms with Gasteiger partial charge in [0.1, 0.15) is 5.75 Å². The molecule has 0 saturated carbocycles. The number of benzene rings is 4. The highest BCUT2D eigenvalue weighted by atomic mass is 16.6. The topological polar surface area (TPSA) is 34.5 Å². The zero-order chi connectivity index (χ0) is 28.1. The molecule has 5 rings (SSSR count). The van der Waals surface area contributed by atoms with Gasteiger partial charge in [0.15, 0.2) is 0 Å². The standard InChI is InChI=1S/C36H36N2O2/c1-5-37(6-2)36(39)40-34-19-18-33-32(35(34)31-23-26(3)22-27(4)24-31)20-21-38(33)25-30-16-14-29(15-17-30)13-12-28-10-8-7-9-11-28/h7-24H,5-6,25H2,1-4H3. The molecule has 0 aliphatic heterocycles. The monoisotopic (exact) mass is 528 g/mol. The first-order chi connectivity index (χ1) is 19.4. The minimum absolute atomic E-state index is 0.323. The van der Waals surface area contributed by atoms with E-state index in [4.69, 9.17) is 4.74 Å². The van der Waals surface area contributed by atoms with E-state index < -0.39 is 0 Å². The van der Waals surface area contributed by atoms with E-state index in [9.17, 15) is 4.79 Å². The molecular formula is C36H36N2O2. The Labute approximate surface area is 237 Å². The largest absolute Gasteiger partial charge is 0.415 e. The summed E-state index contributed by atoms with van der Waals surface area (Å²) in [5, 5.41) is 1.07. The first-order valence-electron chi connectivity index (χ1n) is 13.9. The van der Waals surface area contributed by atoms with Crippen molar-refractivity contribution in [2.75, 3.05) is 13.1 Å². The SMILES string of the molecule is CCN(CC)C(=O)Oc1ccc2c(ccn2Cc2ccc(C=Cc3ccccc3)cc2)c1-c1cc(C)cc(C)c1. The normalized spacial score (nSPS) is 11.3. The van der Waals surface area contributed by atoms with Crippen molar-refractivity contribution in [2.24, 2.45) is 0 Å². The molecule has 0 aliphatic rings. The average molecular weight is 529 g/mol. The van der Waals surface area contributed by atoms with Crippen LogP contribution in [-0.4, -0.2) is 28.6 Å². The highest BCUT2D eigenvalue weighted by Crippen LogP contribution is 2.39. The van der Waals surface area contributed by atoms with Crippen LogP contribution in [0.2, 0.25) is 0 Å². The van der Waals surface area contributed by atoms with Gasteiger partial charge >= 0.3 is 6.09 Å². The van der Waals surface area contributed by atoms with Gasteiger partial charge in [-0.2, -0.15) is 0 Å². The third kappa shape index (κ3) is 6.02. The van der Waals surface area contributed by atoms with Crippen LogP contribution in [0.15, 0.2) is 97.2 Å². The Kier molecular flexibility index (Phi) is 8.16. The van der Waals surface area contributed by atoms with E-state index in [1.165, 1.54) is 27.8 Å². The van der Waals surface area contributed by atoms with Crippen LogP contribution in [0, 0.1) is 13.8 Å². The van der Waals surface area contributed by atoms with Gasteiger partial charge in [0.2, 0.25) is 0 Å². The summed E-state index contributed by atoms with van der Waals surface area (Å²) in [4.78, 5) is 14.6. The van der Waals surface area contributed by atoms with Crippen molar-refractivity contribution in [3.63, 3.8) is 0 Å². The van der Waals surface area contributed by atoms with Crippen LogP contribution < -0.4 is 4.74 Å². The Balaban J connectivity index is 1.47. The van der Waals surface area contributed by atoms with E-state index >= 15 is 0 Å². The number of ether oxygens (including phenoxy) is 1. The maximum absolute atomic E-state index is 12.9. The van der Waals surface area contributed by atoms with Crippen LogP contribution in [0.25, 0.3) is 34.2 Å². The predicted octanol–water partition coefficient (Wildman–Crippen LogP) is 8.98. The fourth-order valence-corrected chi connectivity index (χ4v) is 5.22. The zero-order valence-corrected chi connectivity index (χ0v) is 23.7. The van der Waals surface area contributed by atoms with E-state index in [1.807, 2.05) is 38.1 Å². The molecule has 1 aromatic heterocycles. The number of rotatable bonds is 8. The summed E-state index contributed by atoms with van der Waals surface area (Å²) in [5.41, 5.74) is 9.03. The average Bonchev–Trinajstić information content (AvgIpc) is 3.35. The van der Waals surface area contributed by atoms with Crippen molar-refractivity contribution in [2.45, 2.75) is 34.2 Å². The number of nitrogens with zero attached hydrogens (tertiary/aromatic N) is 2. The molecule has 0 fully saturated rings. The fraction of sp³-hybridized carbons (Fsp3) is 0.194. The molecule has 4 heteroatoms. The number of carbonyl (C=O) groups is 1. The van der Waals surface area contributed by atoms with Crippen molar-refractivity contribution in [1.29, 1.82) is 0 Å². The van der Waals surface area contributed by atoms with E-state index in [1.54, 1.807) is 4.90 Å². The maximum Gasteiger partial charge on any atom is 0.415 e. The number of hydrogen-bond acceptors (Lipinski definition) is 2. The van der Waals surface area contributed by atoms with Gasteiger partial charge in [-0.25, -0.2) is 4.79 Å². The van der Waals surface area contributed by atoms with Crippen LogP contribution in [0.4, 0.5) is 4.79 Å². The smallest absolute Gasteiger partial charge is 0.410 e. The quantitative estimate of drug-likeness (QED) is 0.188. The molecule has 1 heterocycles. The summed E-state index contributed by atoms with van der Waals surface area (Å²) in [6, 6.07) is 31.6. The molecule has 4 aromatic carbocycles. The number of fused-ring (bicyclic) bond motifs is 1. The Hall–Kier alpha value is -4.57. The van der Waals surface area contributed by atoms with Gasteiger partial charge in [-0.1, -0.05) is 96.1 Å². The maximum atomic E-state index is 12.9. The summed E-state index contributed by atoms with van der Waals surface area (Å²) in [6.07, 6.45) is 6.07. The first-order valence-corrected chi connectivity index (χ1v) is 13.9. The van der Waals surface area contributed by atoms with E-state index in [0.717, 1.165) is 28.6 Å². The van der Waals surface area contributed by atoms with Crippen molar-refractivity contribution in [3.05, 3.63) is 125 Å². The van der Waals surface area contributed by atoms with Crippen LogP contribution >= 0.6 is 0 Å². The summed E-state index contributed by atoms with van der Waals surface area (Å²) in [5.74, 6) is 0.585. The van der Waals surface area contributed by atoms with Gasteiger partial charge in [-0.3, -0.25) is 0 Å². The molecule has 1 amide bonds. The van der Waals surface area contributed by atoms with Gasteiger partial charge in [-0.05, 0) is 68.1 Å². The van der Waals surface area contributed by atoms with E-state index in [0.29, 0.717) is 18.8 Å². The third-order valence-corrected chi connectivity index (χ3v) is 7.24. The molecule has 0 bridgehead atoms. The van der Waals surface area contributed by atoms with Crippen LogP contribution in [-0.2, 0) is 6.54 Å². The summed E-state index contributed by atoms with van der Waals surface area (Å²) in [6.45, 7) is 10.1. The van der Waals surface area contributed by atoms with Gasteiger partial charge in [-0.15, -0.1) is 0 Å². The second-order valence-corrected chi connectivity index (χ2v) is 10.2. The molecule has 0 unspecified atom stereocenters. The molecule has 202 valence electrons. The number of aromatic nitrogens is 1. The zero-order valence-electron chi connectivity index (χ0n) is 23.7. The summed E-state index contributed by atoms with van der Waals surface area (Å²) < 4.78 is 8.25. The predicted molar refractivity (Wildman–Crippen MR) is 167 cm³/mol. The molecule has 40 heavy (non-hydrogen) atoms. The van der Waals surface area contributed by atoms with Gasteiger partial charge < -0.3 is 14.2 Å². The molecule has 5 aromatic rings. The fourth-order valence-electron chi connectivity index (χ4n) is 5.22. The van der Waals surface area contributed by atoms with Crippen molar-refractivity contribution in [3.8, 4) is 16.9 Å². The number of hydrogen-bond donors (Lipinski definition) is 0. The Bertz CT molecular complexity index is 1620. The molecule has 0 N–H and O–H groups in total. The Morgan fingerprint density at radius 1 is 0.800 bits per heavy atom. The lowest BCUT2D eigenvalue weighted by Crippen LogP contribution is -2.33. The molecule has 0 atom stereocenters.